The van der Waals surface area contributed by atoms with Crippen molar-refractivity contribution in [1.29, 1.82) is 0 Å². The van der Waals surface area contributed by atoms with Gasteiger partial charge in [-0.3, -0.25) is 0 Å². The fourth-order valence-corrected chi connectivity index (χ4v) is 2.73. The van der Waals surface area contributed by atoms with Crippen molar-refractivity contribution in [3.05, 3.63) is 52.7 Å². The zero-order chi connectivity index (χ0) is 13.9. The van der Waals surface area contributed by atoms with Crippen molar-refractivity contribution in [1.82, 2.24) is 4.98 Å². The molecule has 0 fully saturated rings. The van der Waals surface area contributed by atoms with Crippen LogP contribution in [-0.2, 0) is 19.4 Å². The van der Waals surface area contributed by atoms with Crippen LogP contribution in [0.5, 0.6) is 11.6 Å². The van der Waals surface area contributed by atoms with Gasteiger partial charge < -0.3 is 10.5 Å². The number of hydrogen-bond acceptors (Lipinski definition) is 3. The van der Waals surface area contributed by atoms with Gasteiger partial charge in [0.15, 0.2) is 0 Å². The summed E-state index contributed by atoms with van der Waals surface area (Å²) in [6.45, 7) is 2.47. The Kier molecular flexibility index (Phi) is 3.70. The number of rotatable bonds is 3. The minimum absolute atomic E-state index is 0.512. The Morgan fingerprint density at radius 1 is 1.10 bits per heavy atom. The number of nitrogens with two attached hydrogens (primary N) is 1. The molecule has 0 atom stereocenters. The Bertz CT molecular complexity index is 622. The highest BCUT2D eigenvalue weighted by molar-refractivity contribution is 5.39. The lowest BCUT2D eigenvalue weighted by Crippen LogP contribution is -2.03. The molecular weight excluding hydrogens is 248 g/mol. The molecule has 0 amide bonds. The summed E-state index contributed by atoms with van der Waals surface area (Å²) >= 11 is 0. The van der Waals surface area contributed by atoms with Crippen LogP contribution in [0.2, 0.25) is 0 Å². The summed E-state index contributed by atoms with van der Waals surface area (Å²) in [5, 5.41) is 0. The molecule has 0 bridgehead atoms. The van der Waals surface area contributed by atoms with Crippen molar-refractivity contribution in [3.8, 4) is 11.6 Å². The first kappa shape index (κ1) is 13.1. The highest BCUT2D eigenvalue weighted by Crippen LogP contribution is 2.28. The van der Waals surface area contributed by atoms with Crippen LogP contribution in [0.1, 0.15) is 35.2 Å². The second-order valence-corrected chi connectivity index (χ2v) is 5.34. The van der Waals surface area contributed by atoms with Gasteiger partial charge in [-0.1, -0.05) is 12.1 Å². The van der Waals surface area contributed by atoms with E-state index in [1.807, 2.05) is 25.1 Å². The van der Waals surface area contributed by atoms with Gasteiger partial charge in [0, 0.05) is 18.3 Å². The Balaban J connectivity index is 1.82. The second-order valence-electron chi connectivity index (χ2n) is 5.34. The largest absolute Gasteiger partial charge is 0.439 e. The maximum absolute atomic E-state index is 5.87. The van der Waals surface area contributed by atoms with E-state index in [1.54, 1.807) is 0 Å². The lowest BCUT2D eigenvalue weighted by atomic mass is 9.92. The third-order valence-corrected chi connectivity index (χ3v) is 3.93. The van der Waals surface area contributed by atoms with Crippen LogP contribution < -0.4 is 10.5 Å². The first-order chi connectivity index (χ1) is 9.76. The van der Waals surface area contributed by atoms with Gasteiger partial charge in [0.2, 0.25) is 5.88 Å². The summed E-state index contributed by atoms with van der Waals surface area (Å²) in [6, 6.07) is 10.2. The van der Waals surface area contributed by atoms with E-state index in [0.29, 0.717) is 12.4 Å². The van der Waals surface area contributed by atoms with Crippen molar-refractivity contribution < 1.29 is 4.74 Å². The van der Waals surface area contributed by atoms with Crippen molar-refractivity contribution in [2.75, 3.05) is 0 Å². The summed E-state index contributed by atoms with van der Waals surface area (Å²) in [5.41, 5.74) is 10.5. The molecule has 1 aliphatic carbocycles. The number of ether oxygens (including phenoxy) is 1. The van der Waals surface area contributed by atoms with Crippen LogP contribution >= 0.6 is 0 Å². The molecule has 0 unspecified atom stereocenters. The third kappa shape index (κ3) is 2.68. The van der Waals surface area contributed by atoms with E-state index in [9.17, 15) is 0 Å². The number of pyridine rings is 1. The maximum atomic E-state index is 5.87. The molecule has 3 nitrogen and oxygen atoms in total. The molecule has 1 aromatic heterocycles. The van der Waals surface area contributed by atoms with E-state index < -0.39 is 0 Å². The maximum Gasteiger partial charge on any atom is 0.219 e. The van der Waals surface area contributed by atoms with Crippen LogP contribution in [0, 0.1) is 6.92 Å². The minimum Gasteiger partial charge on any atom is -0.439 e. The van der Waals surface area contributed by atoms with E-state index in [2.05, 4.69) is 17.1 Å². The van der Waals surface area contributed by atoms with E-state index in [-0.39, 0.29) is 0 Å². The van der Waals surface area contributed by atoms with Gasteiger partial charge >= 0.3 is 0 Å². The van der Waals surface area contributed by atoms with E-state index in [1.165, 1.54) is 30.4 Å². The SMILES string of the molecule is Cc1nc(Oc2ccc3c(c2)CCCC3)ccc1CN. The summed E-state index contributed by atoms with van der Waals surface area (Å²) in [6.07, 6.45) is 4.93. The molecule has 20 heavy (non-hydrogen) atoms. The molecule has 3 rings (SSSR count). The van der Waals surface area contributed by atoms with Gasteiger partial charge in [-0.15, -0.1) is 0 Å². The third-order valence-electron chi connectivity index (χ3n) is 3.93. The molecule has 1 aromatic carbocycles. The van der Waals surface area contributed by atoms with Gasteiger partial charge in [0.1, 0.15) is 5.75 Å². The number of nitrogens with zero attached hydrogens (tertiary/aromatic N) is 1. The molecule has 1 heterocycles. The molecule has 0 aliphatic heterocycles. The smallest absolute Gasteiger partial charge is 0.219 e. The average molecular weight is 268 g/mol. The monoisotopic (exact) mass is 268 g/mol. The molecule has 3 heteroatoms. The van der Waals surface area contributed by atoms with E-state index in [4.69, 9.17) is 10.5 Å². The van der Waals surface area contributed by atoms with Crippen LogP contribution in [-0.4, -0.2) is 4.98 Å². The highest BCUT2D eigenvalue weighted by atomic mass is 16.5. The van der Waals surface area contributed by atoms with Crippen LogP contribution in [0.15, 0.2) is 30.3 Å². The summed E-state index contributed by atoms with van der Waals surface area (Å²) in [5.74, 6) is 1.51. The number of fused-ring (bicyclic) bond motifs is 1. The number of hydrogen-bond donors (Lipinski definition) is 1. The zero-order valence-corrected chi connectivity index (χ0v) is 11.9. The number of aryl methyl sites for hydroxylation is 3. The Morgan fingerprint density at radius 2 is 1.90 bits per heavy atom. The highest BCUT2D eigenvalue weighted by Gasteiger charge is 2.10. The van der Waals surface area contributed by atoms with Gasteiger partial charge in [-0.05, 0) is 61.4 Å². The summed E-state index contributed by atoms with van der Waals surface area (Å²) in [4.78, 5) is 4.45. The molecule has 1 aliphatic rings. The second kappa shape index (κ2) is 5.63. The fraction of sp³-hybridized carbons (Fsp3) is 0.353. The van der Waals surface area contributed by atoms with Gasteiger partial charge in [-0.2, -0.15) is 0 Å². The standard InChI is InChI=1S/C17H20N2O/c1-12-15(11-18)7-9-17(19-12)20-16-8-6-13-4-2-3-5-14(13)10-16/h6-10H,2-5,11,18H2,1H3. The average Bonchev–Trinajstić information content (AvgIpc) is 2.47. The Hall–Kier alpha value is -1.87. The predicted octanol–water partition coefficient (Wildman–Crippen LogP) is 3.52. The van der Waals surface area contributed by atoms with Crippen molar-refractivity contribution in [2.45, 2.75) is 39.2 Å². The molecule has 2 aromatic rings. The summed E-state index contributed by atoms with van der Waals surface area (Å²) in [7, 11) is 0. The van der Waals surface area contributed by atoms with Crippen LogP contribution in [0.4, 0.5) is 0 Å². The quantitative estimate of drug-likeness (QED) is 0.926. The normalized spacial score (nSPS) is 13.9. The van der Waals surface area contributed by atoms with Crippen LogP contribution in [0.3, 0.4) is 0 Å². The minimum atomic E-state index is 0.512. The van der Waals surface area contributed by atoms with Gasteiger partial charge in [-0.25, -0.2) is 4.98 Å². The lowest BCUT2D eigenvalue weighted by molar-refractivity contribution is 0.459. The summed E-state index contributed by atoms with van der Waals surface area (Å²) < 4.78 is 5.87. The number of benzene rings is 1. The molecule has 0 spiro atoms. The van der Waals surface area contributed by atoms with E-state index >= 15 is 0 Å². The Labute approximate surface area is 119 Å². The van der Waals surface area contributed by atoms with Crippen molar-refractivity contribution in [2.24, 2.45) is 5.73 Å². The van der Waals surface area contributed by atoms with Gasteiger partial charge in [0.05, 0.1) is 0 Å². The fourth-order valence-electron chi connectivity index (χ4n) is 2.73. The lowest BCUT2D eigenvalue weighted by Gasteiger charge is -2.16. The van der Waals surface area contributed by atoms with E-state index in [0.717, 1.165) is 23.4 Å². The molecule has 0 radical (unpaired) electrons. The Morgan fingerprint density at radius 3 is 2.65 bits per heavy atom. The van der Waals surface area contributed by atoms with Crippen LogP contribution in [0.25, 0.3) is 0 Å². The molecule has 0 saturated heterocycles. The topological polar surface area (TPSA) is 48.1 Å². The molecule has 2 N–H and O–H groups in total. The first-order valence-corrected chi connectivity index (χ1v) is 7.22. The zero-order valence-electron chi connectivity index (χ0n) is 11.9. The molecular formula is C17H20N2O. The molecule has 104 valence electrons. The first-order valence-electron chi connectivity index (χ1n) is 7.22. The van der Waals surface area contributed by atoms with Crippen molar-refractivity contribution >= 4 is 0 Å². The number of aromatic nitrogens is 1. The predicted molar refractivity (Wildman–Crippen MR) is 80.0 cm³/mol. The van der Waals surface area contributed by atoms with Gasteiger partial charge in [0.25, 0.3) is 0 Å². The molecule has 0 saturated carbocycles. The van der Waals surface area contributed by atoms with Crippen molar-refractivity contribution in [3.63, 3.8) is 0 Å².